The first-order chi connectivity index (χ1) is 6.24. The molecule has 3 heteroatoms. The number of rotatable bonds is 3. The molecule has 68 valence electrons. The highest BCUT2D eigenvalue weighted by Gasteiger charge is 2.03. The molecule has 0 aliphatic carbocycles. The van der Waals surface area contributed by atoms with Gasteiger partial charge < -0.3 is 4.42 Å². The van der Waals surface area contributed by atoms with Crippen LogP contribution in [0, 0.1) is 11.3 Å². The number of nitriles is 1. The molecule has 0 radical (unpaired) electrons. The van der Waals surface area contributed by atoms with Crippen LogP contribution in [-0.2, 0) is 0 Å². The summed E-state index contributed by atoms with van der Waals surface area (Å²) in [6, 6.07) is 5.62. The van der Waals surface area contributed by atoms with Crippen molar-refractivity contribution in [2.24, 2.45) is 0 Å². The number of nitrogens with zero attached hydrogens (tertiary/aromatic N) is 2. The molecule has 0 aliphatic heterocycles. The molecule has 0 aromatic carbocycles. The second-order valence-electron chi connectivity index (χ2n) is 2.91. The Balaban J connectivity index is 2.62. The normalized spacial score (nSPS) is 13.4. The molecule has 0 aliphatic rings. The minimum Gasteiger partial charge on any atom is -0.465 e. The van der Waals surface area contributed by atoms with E-state index in [0.717, 1.165) is 5.76 Å². The van der Waals surface area contributed by atoms with Crippen molar-refractivity contribution < 1.29 is 4.42 Å². The quantitative estimate of drug-likeness (QED) is 0.704. The van der Waals surface area contributed by atoms with Gasteiger partial charge in [0.05, 0.1) is 12.3 Å². The van der Waals surface area contributed by atoms with Gasteiger partial charge in [0.1, 0.15) is 11.8 Å². The van der Waals surface area contributed by atoms with Crippen molar-refractivity contribution >= 4 is 6.08 Å². The molecule has 0 saturated heterocycles. The Morgan fingerprint density at radius 3 is 2.85 bits per heavy atom. The van der Waals surface area contributed by atoms with Crippen LogP contribution in [0.2, 0.25) is 0 Å². The molecule has 1 unspecified atom stereocenters. The zero-order valence-corrected chi connectivity index (χ0v) is 7.77. The van der Waals surface area contributed by atoms with Crippen molar-refractivity contribution in [3.8, 4) is 6.07 Å². The van der Waals surface area contributed by atoms with Gasteiger partial charge in [-0.05, 0) is 38.4 Å². The molecular weight excluding hydrogens is 164 g/mol. The maximum Gasteiger partial charge on any atom is 0.126 e. The average molecular weight is 176 g/mol. The minimum atomic E-state index is -0.204. The summed E-state index contributed by atoms with van der Waals surface area (Å²) in [6.07, 6.45) is 5.21. The van der Waals surface area contributed by atoms with Crippen molar-refractivity contribution in [1.82, 2.24) is 4.90 Å². The number of hydrogen-bond donors (Lipinski definition) is 0. The lowest BCUT2D eigenvalue weighted by molar-refractivity contribution is 0.398. The largest absolute Gasteiger partial charge is 0.465 e. The molecule has 1 aromatic heterocycles. The summed E-state index contributed by atoms with van der Waals surface area (Å²) in [7, 11) is 3.72. The fraction of sp³-hybridized carbons (Fsp3) is 0.300. The van der Waals surface area contributed by atoms with Crippen molar-refractivity contribution in [1.29, 1.82) is 5.26 Å². The standard InChI is InChI=1S/C10H12N2O/c1-12(2)9(8-11)5-6-10-4-3-7-13-10/h3-7,9H,1-2H3/b6-5+. The predicted octanol–water partition coefficient (Wildman–Crippen LogP) is 1.75. The lowest BCUT2D eigenvalue weighted by Gasteiger charge is -2.11. The summed E-state index contributed by atoms with van der Waals surface area (Å²) < 4.78 is 5.09. The molecule has 1 rings (SSSR count). The zero-order valence-electron chi connectivity index (χ0n) is 7.77. The predicted molar refractivity (Wildman–Crippen MR) is 50.8 cm³/mol. The summed E-state index contributed by atoms with van der Waals surface area (Å²) in [6.45, 7) is 0. The second kappa shape index (κ2) is 4.48. The van der Waals surface area contributed by atoms with Crippen molar-refractivity contribution in [2.45, 2.75) is 6.04 Å². The molecule has 1 aromatic rings. The lowest BCUT2D eigenvalue weighted by Crippen LogP contribution is -2.23. The van der Waals surface area contributed by atoms with E-state index in [-0.39, 0.29) is 6.04 Å². The van der Waals surface area contributed by atoms with Gasteiger partial charge in [-0.15, -0.1) is 0 Å². The second-order valence-corrected chi connectivity index (χ2v) is 2.91. The van der Waals surface area contributed by atoms with Crippen LogP contribution in [-0.4, -0.2) is 25.0 Å². The topological polar surface area (TPSA) is 40.2 Å². The minimum absolute atomic E-state index is 0.204. The Labute approximate surface area is 77.9 Å². The lowest BCUT2D eigenvalue weighted by atomic mass is 10.2. The maximum atomic E-state index is 8.75. The third kappa shape index (κ3) is 2.77. The van der Waals surface area contributed by atoms with Gasteiger partial charge in [0, 0.05) is 0 Å². The zero-order chi connectivity index (χ0) is 9.68. The van der Waals surface area contributed by atoms with Gasteiger partial charge in [-0.3, -0.25) is 4.90 Å². The number of furan rings is 1. The number of hydrogen-bond acceptors (Lipinski definition) is 3. The Morgan fingerprint density at radius 2 is 2.38 bits per heavy atom. The maximum absolute atomic E-state index is 8.75. The monoisotopic (exact) mass is 176 g/mol. The smallest absolute Gasteiger partial charge is 0.126 e. The van der Waals surface area contributed by atoms with E-state index in [1.165, 1.54) is 0 Å². The fourth-order valence-corrected chi connectivity index (χ4v) is 0.903. The molecule has 3 nitrogen and oxygen atoms in total. The van der Waals surface area contributed by atoms with E-state index in [4.69, 9.17) is 9.68 Å². The highest BCUT2D eigenvalue weighted by atomic mass is 16.3. The van der Waals surface area contributed by atoms with E-state index in [1.54, 1.807) is 18.4 Å². The van der Waals surface area contributed by atoms with Crippen LogP contribution in [0.15, 0.2) is 28.9 Å². The summed E-state index contributed by atoms with van der Waals surface area (Å²) >= 11 is 0. The molecule has 0 spiro atoms. The molecular formula is C10H12N2O. The Hall–Kier alpha value is -1.53. The average Bonchev–Trinajstić information content (AvgIpc) is 2.57. The highest BCUT2D eigenvalue weighted by Crippen LogP contribution is 2.04. The van der Waals surface area contributed by atoms with Crippen LogP contribution in [0.25, 0.3) is 6.08 Å². The van der Waals surface area contributed by atoms with Crippen molar-refractivity contribution in [2.75, 3.05) is 14.1 Å². The van der Waals surface area contributed by atoms with E-state index in [1.807, 2.05) is 31.1 Å². The van der Waals surface area contributed by atoms with Gasteiger partial charge in [-0.1, -0.05) is 0 Å². The molecule has 1 atom stereocenters. The van der Waals surface area contributed by atoms with Gasteiger partial charge >= 0.3 is 0 Å². The molecule has 13 heavy (non-hydrogen) atoms. The Bertz CT molecular complexity index is 306. The van der Waals surface area contributed by atoms with Crippen LogP contribution >= 0.6 is 0 Å². The summed E-state index contributed by atoms with van der Waals surface area (Å²) in [5, 5.41) is 8.75. The van der Waals surface area contributed by atoms with Crippen LogP contribution in [0.4, 0.5) is 0 Å². The van der Waals surface area contributed by atoms with Crippen molar-refractivity contribution in [3.63, 3.8) is 0 Å². The van der Waals surface area contributed by atoms with Crippen LogP contribution < -0.4 is 0 Å². The van der Waals surface area contributed by atoms with Gasteiger partial charge in [0.25, 0.3) is 0 Å². The molecule has 0 saturated carbocycles. The summed E-state index contributed by atoms with van der Waals surface area (Å²) in [5.74, 6) is 0.766. The van der Waals surface area contributed by atoms with Gasteiger partial charge in [0.15, 0.2) is 0 Å². The molecule has 0 fully saturated rings. The Morgan fingerprint density at radius 1 is 1.62 bits per heavy atom. The van der Waals surface area contributed by atoms with Gasteiger partial charge in [-0.25, -0.2) is 0 Å². The van der Waals surface area contributed by atoms with Crippen LogP contribution in [0.1, 0.15) is 5.76 Å². The first kappa shape index (κ1) is 9.56. The molecule has 0 bridgehead atoms. The Kier molecular flexibility index (Phi) is 3.30. The van der Waals surface area contributed by atoms with E-state index in [0.29, 0.717) is 0 Å². The third-order valence-corrected chi connectivity index (χ3v) is 1.67. The SMILES string of the molecule is CN(C)C(C#N)/C=C/c1ccco1. The molecule has 1 heterocycles. The van der Waals surface area contributed by atoms with E-state index in [2.05, 4.69) is 6.07 Å². The fourth-order valence-electron chi connectivity index (χ4n) is 0.903. The van der Waals surface area contributed by atoms with Gasteiger partial charge in [-0.2, -0.15) is 5.26 Å². The van der Waals surface area contributed by atoms with Crippen LogP contribution in [0.3, 0.4) is 0 Å². The first-order valence-corrected chi connectivity index (χ1v) is 4.02. The third-order valence-electron chi connectivity index (χ3n) is 1.67. The molecule has 0 amide bonds. The van der Waals surface area contributed by atoms with E-state index >= 15 is 0 Å². The number of likely N-dealkylation sites (N-methyl/N-ethyl adjacent to an activating group) is 1. The van der Waals surface area contributed by atoms with E-state index < -0.39 is 0 Å². The first-order valence-electron chi connectivity index (χ1n) is 4.02. The highest BCUT2D eigenvalue weighted by molar-refractivity contribution is 5.44. The summed E-state index contributed by atoms with van der Waals surface area (Å²) in [4.78, 5) is 1.83. The molecule has 0 N–H and O–H groups in total. The van der Waals surface area contributed by atoms with E-state index in [9.17, 15) is 0 Å². The van der Waals surface area contributed by atoms with Gasteiger partial charge in [0.2, 0.25) is 0 Å². The van der Waals surface area contributed by atoms with Crippen LogP contribution in [0.5, 0.6) is 0 Å². The summed E-state index contributed by atoms with van der Waals surface area (Å²) in [5.41, 5.74) is 0. The van der Waals surface area contributed by atoms with Crippen molar-refractivity contribution in [3.05, 3.63) is 30.2 Å².